The fourth-order valence-electron chi connectivity index (χ4n) is 3.17. The van der Waals surface area contributed by atoms with Gasteiger partial charge in [-0.3, -0.25) is 4.99 Å². The summed E-state index contributed by atoms with van der Waals surface area (Å²) < 4.78 is 3.35. The molecule has 24 heavy (non-hydrogen) atoms. The van der Waals surface area contributed by atoms with E-state index in [4.69, 9.17) is 16.6 Å². The van der Waals surface area contributed by atoms with Gasteiger partial charge in [-0.05, 0) is 42.0 Å². The second-order valence-corrected chi connectivity index (χ2v) is 7.06. The number of fused-ring (bicyclic) bond motifs is 4. The molecule has 0 radical (unpaired) electrons. The first-order valence-electron chi connectivity index (χ1n) is 7.64. The van der Waals surface area contributed by atoms with Gasteiger partial charge in [0.2, 0.25) is 0 Å². The van der Waals surface area contributed by atoms with Crippen molar-refractivity contribution in [3.05, 3.63) is 82.1 Å². The molecule has 0 saturated carbocycles. The minimum Gasteiger partial charge on any atom is -0.315 e. The van der Waals surface area contributed by atoms with Crippen LogP contribution in [0.3, 0.4) is 0 Å². The summed E-state index contributed by atoms with van der Waals surface area (Å²) in [6.45, 7) is 0.643. The number of thiazole rings is 1. The zero-order valence-corrected chi connectivity index (χ0v) is 14.2. The van der Waals surface area contributed by atoms with E-state index in [2.05, 4.69) is 46.1 Å². The van der Waals surface area contributed by atoms with Crippen molar-refractivity contribution in [2.24, 2.45) is 4.99 Å². The van der Waals surface area contributed by atoms with Crippen LogP contribution in [-0.2, 0) is 6.54 Å². The second kappa shape index (κ2) is 5.30. The first-order chi connectivity index (χ1) is 11.8. The van der Waals surface area contributed by atoms with Crippen LogP contribution in [0, 0.1) is 0 Å². The Kier molecular flexibility index (Phi) is 3.08. The van der Waals surface area contributed by atoms with Crippen molar-refractivity contribution in [1.82, 2.24) is 9.55 Å². The smallest absolute Gasteiger partial charge is 0.0891 e. The summed E-state index contributed by atoms with van der Waals surface area (Å²) in [4.78, 5) is 9.26. The van der Waals surface area contributed by atoms with Crippen molar-refractivity contribution in [3.8, 4) is 5.69 Å². The van der Waals surface area contributed by atoms with Crippen LogP contribution < -0.4 is 0 Å². The zero-order valence-electron chi connectivity index (χ0n) is 12.6. The maximum Gasteiger partial charge on any atom is 0.0891 e. The Balaban J connectivity index is 1.73. The van der Waals surface area contributed by atoms with Gasteiger partial charge in [-0.2, -0.15) is 0 Å². The first-order valence-corrected chi connectivity index (χ1v) is 8.90. The molecule has 3 nitrogen and oxygen atoms in total. The Morgan fingerprint density at radius 1 is 1.08 bits per heavy atom. The molecule has 0 amide bonds. The van der Waals surface area contributed by atoms with E-state index in [1.54, 1.807) is 11.3 Å². The molecule has 1 aliphatic heterocycles. The van der Waals surface area contributed by atoms with E-state index in [-0.39, 0.29) is 0 Å². The van der Waals surface area contributed by atoms with Crippen LogP contribution in [0.15, 0.2) is 65.2 Å². The van der Waals surface area contributed by atoms with Crippen LogP contribution in [0.4, 0.5) is 0 Å². The highest BCUT2D eigenvalue weighted by molar-refractivity contribution is 7.16. The fourth-order valence-corrected chi connectivity index (χ4v) is 4.05. The molecule has 2 aromatic carbocycles. The maximum absolute atomic E-state index is 6.21. The third-order valence-corrected chi connectivity index (χ3v) is 5.34. The molecule has 1 aliphatic rings. The molecule has 0 saturated heterocycles. The van der Waals surface area contributed by atoms with Gasteiger partial charge in [0, 0.05) is 16.8 Å². The van der Waals surface area contributed by atoms with Gasteiger partial charge < -0.3 is 4.57 Å². The lowest BCUT2D eigenvalue weighted by atomic mass is 10.1. The lowest BCUT2D eigenvalue weighted by Crippen LogP contribution is -2.08. The minimum atomic E-state index is 0.643. The Labute approximate surface area is 147 Å². The number of hydrogen-bond donors (Lipinski definition) is 0. The Morgan fingerprint density at radius 3 is 3.00 bits per heavy atom. The Hall–Kier alpha value is -2.43. The Morgan fingerprint density at radius 2 is 2.04 bits per heavy atom. The normalized spacial score (nSPS) is 13.3. The molecule has 0 spiro atoms. The van der Waals surface area contributed by atoms with Crippen molar-refractivity contribution in [3.63, 3.8) is 0 Å². The summed E-state index contributed by atoms with van der Waals surface area (Å²) in [5, 5.41) is 0.739. The first kappa shape index (κ1) is 14.0. The average molecular weight is 350 g/mol. The summed E-state index contributed by atoms with van der Waals surface area (Å²) in [5.41, 5.74) is 8.38. The van der Waals surface area contributed by atoms with Gasteiger partial charge in [-0.25, -0.2) is 4.98 Å². The van der Waals surface area contributed by atoms with E-state index in [9.17, 15) is 0 Å². The molecule has 0 aliphatic carbocycles. The number of halogens is 1. The van der Waals surface area contributed by atoms with Crippen LogP contribution >= 0.6 is 22.9 Å². The molecule has 2 aromatic heterocycles. The molecular formula is C19H12ClN3S. The van der Waals surface area contributed by atoms with Crippen molar-refractivity contribution < 1.29 is 0 Å². The van der Waals surface area contributed by atoms with Gasteiger partial charge in [-0.15, -0.1) is 11.3 Å². The zero-order chi connectivity index (χ0) is 16.1. The second-order valence-electron chi connectivity index (χ2n) is 5.74. The quantitative estimate of drug-likeness (QED) is 0.470. The van der Waals surface area contributed by atoms with Gasteiger partial charge in [0.05, 0.1) is 39.4 Å². The highest BCUT2D eigenvalue weighted by Crippen LogP contribution is 2.28. The third kappa shape index (κ3) is 2.11. The molecule has 5 rings (SSSR count). The number of hydrogen-bond acceptors (Lipinski definition) is 3. The van der Waals surface area contributed by atoms with Crippen molar-refractivity contribution >= 4 is 38.9 Å². The fraction of sp³-hybridized carbons (Fsp3) is 0.0526. The van der Waals surface area contributed by atoms with Crippen LogP contribution in [0.2, 0.25) is 5.02 Å². The summed E-state index contributed by atoms with van der Waals surface area (Å²) in [6.07, 6.45) is 2.07. The van der Waals surface area contributed by atoms with Crippen LogP contribution in [0.25, 0.3) is 15.9 Å². The van der Waals surface area contributed by atoms with Crippen LogP contribution in [0.5, 0.6) is 0 Å². The SMILES string of the molecule is Clc1ccc2c(c1)-n1cccc1C(c1ccc3ncsc3c1)=NC2. The predicted molar refractivity (Wildman–Crippen MR) is 99.7 cm³/mol. The molecule has 0 bridgehead atoms. The predicted octanol–water partition coefficient (Wildman–Crippen LogP) is 5.09. The number of aromatic nitrogens is 2. The molecule has 116 valence electrons. The van der Waals surface area contributed by atoms with E-state index in [1.807, 2.05) is 23.7 Å². The molecular weight excluding hydrogens is 338 g/mol. The van der Waals surface area contributed by atoms with Crippen molar-refractivity contribution in [1.29, 1.82) is 0 Å². The summed E-state index contributed by atoms with van der Waals surface area (Å²) in [5.74, 6) is 0. The lowest BCUT2D eigenvalue weighted by molar-refractivity contribution is 1.02. The standard InChI is InChI=1S/C19H12ClN3S/c20-14-5-3-13-10-21-19(16-2-1-7-23(16)17(13)9-14)12-4-6-15-18(8-12)24-11-22-15/h1-9,11H,10H2. The van der Waals surface area contributed by atoms with E-state index >= 15 is 0 Å². The average Bonchev–Trinajstić information content (AvgIpc) is 3.22. The molecule has 5 heteroatoms. The number of benzene rings is 2. The largest absolute Gasteiger partial charge is 0.315 e. The van der Waals surface area contributed by atoms with E-state index in [0.29, 0.717) is 6.54 Å². The maximum atomic E-state index is 6.21. The summed E-state index contributed by atoms with van der Waals surface area (Å²) in [7, 11) is 0. The summed E-state index contributed by atoms with van der Waals surface area (Å²) in [6, 6.07) is 16.5. The topological polar surface area (TPSA) is 30.2 Å². The molecule has 3 heterocycles. The van der Waals surface area contributed by atoms with Crippen LogP contribution in [-0.4, -0.2) is 15.3 Å². The van der Waals surface area contributed by atoms with Crippen molar-refractivity contribution in [2.45, 2.75) is 6.54 Å². The van der Waals surface area contributed by atoms with Crippen molar-refractivity contribution in [2.75, 3.05) is 0 Å². The van der Waals surface area contributed by atoms with E-state index in [0.717, 1.165) is 33.2 Å². The molecule has 0 atom stereocenters. The van der Waals surface area contributed by atoms with Gasteiger partial charge >= 0.3 is 0 Å². The number of nitrogens with zero attached hydrogens (tertiary/aromatic N) is 3. The van der Waals surface area contributed by atoms with Gasteiger partial charge in [-0.1, -0.05) is 23.7 Å². The molecule has 0 N–H and O–H groups in total. The number of aliphatic imine (C=N–C) groups is 1. The Bertz CT molecular complexity index is 1110. The van der Waals surface area contributed by atoms with Crippen LogP contribution in [0.1, 0.15) is 16.8 Å². The molecule has 0 fully saturated rings. The minimum absolute atomic E-state index is 0.643. The van der Waals surface area contributed by atoms with Gasteiger partial charge in [0.15, 0.2) is 0 Å². The highest BCUT2D eigenvalue weighted by atomic mass is 35.5. The summed E-state index contributed by atoms with van der Waals surface area (Å²) >= 11 is 7.87. The third-order valence-electron chi connectivity index (χ3n) is 4.31. The molecule has 4 aromatic rings. The van der Waals surface area contributed by atoms with Gasteiger partial charge in [0.1, 0.15) is 0 Å². The van der Waals surface area contributed by atoms with Gasteiger partial charge in [0.25, 0.3) is 0 Å². The van der Waals surface area contributed by atoms with E-state index in [1.165, 1.54) is 10.3 Å². The highest BCUT2D eigenvalue weighted by Gasteiger charge is 2.18. The number of rotatable bonds is 1. The molecule has 0 unspecified atom stereocenters. The lowest BCUT2D eigenvalue weighted by Gasteiger charge is -2.11. The van der Waals surface area contributed by atoms with E-state index < -0.39 is 0 Å². The monoisotopic (exact) mass is 349 g/mol.